The van der Waals surface area contributed by atoms with Gasteiger partial charge in [0.1, 0.15) is 12.4 Å². The fourth-order valence-corrected chi connectivity index (χ4v) is 4.06. The lowest BCUT2D eigenvalue weighted by Crippen LogP contribution is -2.50. The van der Waals surface area contributed by atoms with Crippen LogP contribution in [0.3, 0.4) is 0 Å². The Morgan fingerprint density at radius 1 is 1.23 bits per heavy atom. The summed E-state index contributed by atoms with van der Waals surface area (Å²) in [5.41, 5.74) is 1.12. The van der Waals surface area contributed by atoms with E-state index < -0.39 is 18.5 Å². The van der Waals surface area contributed by atoms with Crippen molar-refractivity contribution in [2.45, 2.75) is 44.4 Å². The molecule has 0 spiro atoms. The Balaban J connectivity index is 1.64. The number of hydrogen-bond acceptors (Lipinski definition) is 6. The number of nitrogens with zero attached hydrogens (tertiary/aromatic N) is 4. The Morgan fingerprint density at radius 3 is 2.67 bits per heavy atom. The second-order valence-electron chi connectivity index (χ2n) is 7.49. The van der Waals surface area contributed by atoms with Crippen LogP contribution in [0, 0.1) is 0 Å². The fourth-order valence-electron chi connectivity index (χ4n) is 3.83. The van der Waals surface area contributed by atoms with Crippen LogP contribution < -0.4 is 15.1 Å². The second-order valence-corrected chi connectivity index (χ2v) is 7.90. The molecule has 4 rings (SSSR count). The summed E-state index contributed by atoms with van der Waals surface area (Å²) in [7, 11) is 0. The number of para-hydroxylation sites is 1. The van der Waals surface area contributed by atoms with Gasteiger partial charge in [-0.1, -0.05) is 23.7 Å². The topological polar surface area (TPSA) is 119 Å². The third kappa shape index (κ3) is 4.17. The van der Waals surface area contributed by atoms with E-state index in [9.17, 15) is 19.8 Å². The molecule has 158 valence electrons. The molecular formula is C20H22ClN5O4. The van der Waals surface area contributed by atoms with Crippen LogP contribution in [0.5, 0.6) is 0 Å². The minimum absolute atomic E-state index is 0.123. The highest BCUT2D eigenvalue weighted by Crippen LogP contribution is 2.34. The van der Waals surface area contributed by atoms with Crippen molar-refractivity contribution in [1.82, 2.24) is 9.97 Å². The largest absolute Gasteiger partial charge is 0.480 e. The average Bonchev–Trinajstić information content (AvgIpc) is 2.72. The zero-order valence-electron chi connectivity index (χ0n) is 16.2. The van der Waals surface area contributed by atoms with Crippen LogP contribution in [0.2, 0.25) is 5.02 Å². The third-order valence-electron chi connectivity index (χ3n) is 5.35. The summed E-state index contributed by atoms with van der Waals surface area (Å²) in [5.74, 6) is -0.534. The Morgan fingerprint density at radius 2 is 1.97 bits per heavy atom. The number of carbonyl (C=O) groups excluding carboxylic acids is 1. The minimum Gasteiger partial charge on any atom is -0.480 e. The quantitative estimate of drug-likeness (QED) is 0.665. The molecule has 1 saturated carbocycles. The number of carboxylic acid groups (broad SMARTS) is 1. The number of rotatable bonds is 5. The fraction of sp³-hybridized carbons (Fsp3) is 0.400. The monoisotopic (exact) mass is 431 g/mol. The van der Waals surface area contributed by atoms with E-state index in [1.165, 1.54) is 4.90 Å². The SMILES string of the molecule is O=C(O)CN1C(=O)N(c2ccccc2Cl)Cc2cnc(N[C@H]3CC[C@H](O)CC3)nc21. The van der Waals surface area contributed by atoms with Gasteiger partial charge in [-0.05, 0) is 37.8 Å². The molecule has 1 aliphatic carbocycles. The van der Waals surface area contributed by atoms with Crippen molar-refractivity contribution in [3.63, 3.8) is 0 Å². The number of carbonyl (C=O) groups is 2. The second kappa shape index (κ2) is 8.45. The van der Waals surface area contributed by atoms with Crippen molar-refractivity contribution in [2.75, 3.05) is 21.7 Å². The van der Waals surface area contributed by atoms with Gasteiger partial charge in [0, 0.05) is 17.8 Å². The van der Waals surface area contributed by atoms with E-state index in [1.54, 1.807) is 30.5 Å². The van der Waals surface area contributed by atoms with Crippen molar-refractivity contribution < 1.29 is 19.8 Å². The van der Waals surface area contributed by atoms with Gasteiger partial charge in [-0.2, -0.15) is 4.98 Å². The van der Waals surface area contributed by atoms with Gasteiger partial charge in [0.25, 0.3) is 0 Å². The van der Waals surface area contributed by atoms with Crippen LogP contribution in [-0.2, 0) is 11.3 Å². The maximum Gasteiger partial charge on any atom is 0.331 e. The number of urea groups is 1. The Bertz CT molecular complexity index is 964. The van der Waals surface area contributed by atoms with Crippen LogP contribution in [0.25, 0.3) is 0 Å². The Labute approximate surface area is 178 Å². The lowest BCUT2D eigenvalue weighted by molar-refractivity contribution is -0.135. The summed E-state index contributed by atoms with van der Waals surface area (Å²) in [4.78, 5) is 36.0. The smallest absolute Gasteiger partial charge is 0.331 e. The number of hydrogen-bond donors (Lipinski definition) is 3. The molecule has 1 aromatic heterocycles. The van der Waals surface area contributed by atoms with Crippen LogP contribution >= 0.6 is 11.6 Å². The number of halogens is 1. The van der Waals surface area contributed by atoms with E-state index in [4.69, 9.17) is 11.6 Å². The number of benzene rings is 1. The summed E-state index contributed by atoms with van der Waals surface area (Å²) in [5, 5.41) is 22.6. The van der Waals surface area contributed by atoms with Crippen LogP contribution in [-0.4, -0.2) is 50.9 Å². The molecule has 10 heteroatoms. The molecule has 0 bridgehead atoms. The molecule has 2 aliphatic rings. The predicted molar refractivity (Wildman–Crippen MR) is 112 cm³/mol. The number of aliphatic carboxylic acids is 1. The average molecular weight is 432 g/mol. The molecule has 0 atom stereocenters. The number of aromatic nitrogens is 2. The molecule has 1 fully saturated rings. The summed E-state index contributed by atoms with van der Waals surface area (Å²) in [6.07, 6.45) is 4.33. The van der Waals surface area contributed by atoms with Crippen LogP contribution in [0.1, 0.15) is 31.2 Å². The Hall–Kier alpha value is -2.91. The van der Waals surface area contributed by atoms with Crippen molar-refractivity contribution in [3.8, 4) is 0 Å². The van der Waals surface area contributed by atoms with Crippen LogP contribution in [0.4, 0.5) is 22.2 Å². The van der Waals surface area contributed by atoms with Gasteiger partial charge < -0.3 is 15.5 Å². The van der Waals surface area contributed by atoms with Gasteiger partial charge >= 0.3 is 12.0 Å². The lowest BCUT2D eigenvalue weighted by atomic mass is 9.93. The van der Waals surface area contributed by atoms with E-state index in [0.717, 1.165) is 17.7 Å². The number of aliphatic hydroxyl groups excluding tert-OH is 1. The molecular weight excluding hydrogens is 410 g/mol. The van der Waals surface area contributed by atoms with Gasteiger partial charge in [0.15, 0.2) is 0 Å². The normalized spacial score (nSPS) is 21.3. The standard InChI is InChI=1S/C20H22ClN5O4/c21-15-3-1-2-4-16(15)25-10-12-9-22-19(23-13-5-7-14(27)8-6-13)24-18(12)26(20(25)30)11-17(28)29/h1-4,9,13-14,27H,5-8,10-11H2,(H,28,29)(H,22,23,24)/t13-,14-. The number of anilines is 3. The van der Waals surface area contributed by atoms with Gasteiger partial charge in [-0.25, -0.2) is 9.78 Å². The maximum absolute atomic E-state index is 13.1. The van der Waals surface area contributed by atoms with E-state index in [0.29, 0.717) is 35.1 Å². The van der Waals surface area contributed by atoms with Crippen molar-refractivity contribution in [3.05, 3.63) is 41.0 Å². The van der Waals surface area contributed by atoms with E-state index in [2.05, 4.69) is 15.3 Å². The highest BCUT2D eigenvalue weighted by atomic mass is 35.5. The number of aliphatic hydroxyl groups is 1. The predicted octanol–water partition coefficient (Wildman–Crippen LogP) is 2.88. The number of fused-ring (bicyclic) bond motifs is 1. The van der Waals surface area contributed by atoms with E-state index in [-0.39, 0.29) is 24.5 Å². The number of nitrogens with one attached hydrogen (secondary N) is 1. The van der Waals surface area contributed by atoms with Crippen molar-refractivity contribution in [1.29, 1.82) is 0 Å². The zero-order chi connectivity index (χ0) is 21.3. The number of carboxylic acids is 1. The molecule has 30 heavy (non-hydrogen) atoms. The highest BCUT2D eigenvalue weighted by molar-refractivity contribution is 6.34. The van der Waals surface area contributed by atoms with Gasteiger partial charge in [-0.3, -0.25) is 14.6 Å². The van der Waals surface area contributed by atoms with Crippen molar-refractivity contribution >= 4 is 41.1 Å². The van der Waals surface area contributed by atoms with Crippen molar-refractivity contribution in [2.24, 2.45) is 0 Å². The maximum atomic E-state index is 13.1. The first-order valence-corrected chi connectivity index (χ1v) is 10.2. The molecule has 2 amide bonds. The lowest BCUT2D eigenvalue weighted by Gasteiger charge is -2.36. The number of amides is 2. The third-order valence-corrected chi connectivity index (χ3v) is 5.67. The first-order chi connectivity index (χ1) is 14.4. The van der Waals surface area contributed by atoms with E-state index in [1.807, 2.05) is 0 Å². The molecule has 0 radical (unpaired) electrons. The molecule has 1 aliphatic heterocycles. The molecule has 3 N–H and O–H groups in total. The Kier molecular flexibility index (Phi) is 5.74. The zero-order valence-corrected chi connectivity index (χ0v) is 16.9. The summed E-state index contributed by atoms with van der Waals surface area (Å²) < 4.78 is 0. The molecule has 9 nitrogen and oxygen atoms in total. The van der Waals surface area contributed by atoms with Gasteiger partial charge in [-0.15, -0.1) is 0 Å². The molecule has 1 aromatic carbocycles. The van der Waals surface area contributed by atoms with Crippen LogP contribution in [0.15, 0.2) is 30.5 Å². The highest BCUT2D eigenvalue weighted by Gasteiger charge is 2.35. The first kappa shape index (κ1) is 20.4. The minimum atomic E-state index is -1.15. The summed E-state index contributed by atoms with van der Waals surface area (Å²) in [6, 6.07) is 6.51. The summed E-state index contributed by atoms with van der Waals surface area (Å²) >= 11 is 6.26. The van der Waals surface area contributed by atoms with E-state index >= 15 is 0 Å². The molecule has 2 aromatic rings. The van der Waals surface area contributed by atoms with Gasteiger partial charge in [0.05, 0.1) is 23.4 Å². The molecule has 0 unspecified atom stereocenters. The first-order valence-electron chi connectivity index (χ1n) is 9.78. The molecule has 2 heterocycles. The summed E-state index contributed by atoms with van der Waals surface area (Å²) in [6.45, 7) is -0.344. The molecule has 0 saturated heterocycles. The van der Waals surface area contributed by atoms with Gasteiger partial charge in [0.2, 0.25) is 5.95 Å².